The zero-order valence-electron chi connectivity index (χ0n) is 6.89. The smallest absolute Gasteiger partial charge is 0.330 e. The van der Waals surface area contributed by atoms with Crippen LogP contribution < -0.4 is 5.73 Å². The molecule has 0 aromatic heterocycles. The molecule has 1 heterocycles. The minimum atomic E-state index is -0.863. The molecular formula is C8H13NO2. The summed E-state index contributed by atoms with van der Waals surface area (Å²) in [5.41, 5.74) is 5.85. The molecule has 0 saturated heterocycles. The Morgan fingerprint density at radius 1 is 1.82 bits per heavy atom. The summed E-state index contributed by atoms with van der Waals surface area (Å²) < 4.78 is 4.81. The maximum atomic E-state index is 11.2. The highest BCUT2D eigenvalue weighted by Crippen LogP contribution is 2.22. The molecule has 62 valence electrons. The summed E-state index contributed by atoms with van der Waals surface area (Å²) in [4.78, 5) is 11.2. The molecule has 11 heavy (non-hydrogen) atoms. The summed E-state index contributed by atoms with van der Waals surface area (Å²) in [7, 11) is 0. The standard InChI is InChI=1S/C8H13NO2/c1-3-8(9)6(2)4-5-11-7(8)10/h4H,3,5,9H2,1-2H3. The third-order valence-electron chi connectivity index (χ3n) is 2.23. The molecule has 3 nitrogen and oxygen atoms in total. The van der Waals surface area contributed by atoms with E-state index in [0.29, 0.717) is 13.0 Å². The van der Waals surface area contributed by atoms with E-state index in [-0.39, 0.29) is 5.97 Å². The van der Waals surface area contributed by atoms with Crippen molar-refractivity contribution < 1.29 is 9.53 Å². The number of cyclic esters (lactones) is 1. The van der Waals surface area contributed by atoms with Gasteiger partial charge in [-0.3, -0.25) is 0 Å². The Labute approximate surface area is 66.2 Å². The predicted molar refractivity (Wildman–Crippen MR) is 41.9 cm³/mol. The molecule has 3 heteroatoms. The molecule has 0 saturated carbocycles. The lowest BCUT2D eigenvalue weighted by atomic mass is 9.88. The largest absolute Gasteiger partial charge is 0.460 e. The fourth-order valence-electron chi connectivity index (χ4n) is 1.14. The molecule has 1 aliphatic heterocycles. The predicted octanol–water partition coefficient (Wildman–Crippen LogP) is 0.597. The van der Waals surface area contributed by atoms with Gasteiger partial charge in [0, 0.05) is 0 Å². The minimum absolute atomic E-state index is 0.306. The molecule has 0 amide bonds. The number of esters is 1. The maximum absolute atomic E-state index is 11.2. The summed E-state index contributed by atoms with van der Waals surface area (Å²) in [6, 6.07) is 0. The first-order valence-electron chi connectivity index (χ1n) is 3.74. The van der Waals surface area contributed by atoms with Crippen LogP contribution >= 0.6 is 0 Å². The molecule has 1 rings (SSSR count). The van der Waals surface area contributed by atoms with Crippen LogP contribution in [0.5, 0.6) is 0 Å². The van der Waals surface area contributed by atoms with Gasteiger partial charge in [-0.25, -0.2) is 4.79 Å². The van der Waals surface area contributed by atoms with Crippen LogP contribution in [0.1, 0.15) is 20.3 Å². The van der Waals surface area contributed by atoms with Crippen molar-refractivity contribution in [2.75, 3.05) is 6.61 Å². The van der Waals surface area contributed by atoms with Crippen LogP contribution in [0.3, 0.4) is 0 Å². The van der Waals surface area contributed by atoms with Gasteiger partial charge < -0.3 is 10.5 Å². The molecular weight excluding hydrogens is 142 g/mol. The van der Waals surface area contributed by atoms with Gasteiger partial charge in [-0.1, -0.05) is 6.92 Å². The van der Waals surface area contributed by atoms with Crippen molar-refractivity contribution in [1.82, 2.24) is 0 Å². The monoisotopic (exact) mass is 155 g/mol. The highest BCUT2D eigenvalue weighted by Gasteiger charge is 2.37. The summed E-state index contributed by atoms with van der Waals surface area (Å²) in [6.07, 6.45) is 2.44. The van der Waals surface area contributed by atoms with Crippen LogP contribution in [0.2, 0.25) is 0 Å². The molecule has 1 unspecified atom stereocenters. The van der Waals surface area contributed by atoms with Gasteiger partial charge >= 0.3 is 5.97 Å². The van der Waals surface area contributed by atoms with E-state index in [9.17, 15) is 4.79 Å². The van der Waals surface area contributed by atoms with Gasteiger partial charge in [0.05, 0.1) is 0 Å². The number of rotatable bonds is 1. The number of hydrogen-bond donors (Lipinski definition) is 1. The third-order valence-corrected chi connectivity index (χ3v) is 2.23. The SMILES string of the molecule is CCC1(N)C(=O)OCC=C1C. The van der Waals surface area contributed by atoms with Gasteiger partial charge in [0.15, 0.2) is 0 Å². The molecule has 0 fully saturated rings. The number of hydrogen-bond acceptors (Lipinski definition) is 3. The van der Waals surface area contributed by atoms with Crippen molar-refractivity contribution in [3.05, 3.63) is 11.6 Å². The summed E-state index contributed by atoms with van der Waals surface area (Å²) >= 11 is 0. The summed E-state index contributed by atoms with van der Waals surface area (Å²) in [5.74, 6) is -0.306. The van der Waals surface area contributed by atoms with E-state index in [1.54, 1.807) is 0 Å². The van der Waals surface area contributed by atoms with Gasteiger partial charge in [0.1, 0.15) is 12.1 Å². The van der Waals surface area contributed by atoms with Crippen LogP contribution in [0, 0.1) is 0 Å². The Morgan fingerprint density at radius 2 is 2.45 bits per heavy atom. The van der Waals surface area contributed by atoms with E-state index in [4.69, 9.17) is 10.5 Å². The summed E-state index contributed by atoms with van der Waals surface area (Å²) in [5, 5.41) is 0. The lowest BCUT2D eigenvalue weighted by Gasteiger charge is -2.29. The average molecular weight is 155 g/mol. The molecule has 2 N–H and O–H groups in total. The van der Waals surface area contributed by atoms with E-state index in [1.807, 2.05) is 19.9 Å². The normalized spacial score (nSPS) is 31.2. The first kappa shape index (κ1) is 8.27. The van der Waals surface area contributed by atoms with E-state index >= 15 is 0 Å². The van der Waals surface area contributed by atoms with Gasteiger partial charge in [-0.05, 0) is 25.0 Å². The van der Waals surface area contributed by atoms with Gasteiger partial charge in [-0.2, -0.15) is 0 Å². The second-order valence-electron chi connectivity index (χ2n) is 2.81. The Bertz CT molecular complexity index is 210. The number of carbonyl (C=O) groups is 1. The first-order valence-corrected chi connectivity index (χ1v) is 3.74. The fraction of sp³-hybridized carbons (Fsp3) is 0.625. The van der Waals surface area contributed by atoms with Gasteiger partial charge in [-0.15, -0.1) is 0 Å². The Kier molecular flexibility index (Phi) is 2.00. The van der Waals surface area contributed by atoms with Crippen molar-refractivity contribution in [2.24, 2.45) is 5.73 Å². The van der Waals surface area contributed by atoms with Gasteiger partial charge in [0.2, 0.25) is 0 Å². The molecule has 0 aliphatic carbocycles. The molecule has 0 radical (unpaired) electrons. The van der Waals surface area contributed by atoms with Crippen LogP contribution in [0.15, 0.2) is 11.6 Å². The molecule has 0 aromatic carbocycles. The number of nitrogens with two attached hydrogens (primary N) is 1. The average Bonchev–Trinajstić information content (AvgIpc) is 2.00. The topological polar surface area (TPSA) is 52.3 Å². The Morgan fingerprint density at radius 3 is 2.82 bits per heavy atom. The molecule has 0 aromatic rings. The number of ether oxygens (including phenoxy) is 1. The lowest BCUT2D eigenvalue weighted by molar-refractivity contribution is -0.148. The van der Waals surface area contributed by atoms with Crippen molar-refractivity contribution in [3.63, 3.8) is 0 Å². The molecule has 0 bridgehead atoms. The third kappa shape index (κ3) is 1.16. The van der Waals surface area contributed by atoms with E-state index in [0.717, 1.165) is 5.57 Å². The number of carbonyl (C=O) groups excluding carboxylic acids is 1. The van der Waals surface area contributed by atoms with Crippen molar-refractivity contribution in [3.8, 4) is 0 Å². The van der Waals surface area contributed by atoms with Gasteiger partial charge in [0.25, 0.3) is 0 Å². The molecule has 1 aliphatic rings. The first-order chi connectivity index (χ1) is 5.11. The minimum Gasteiger partial charge on any atom is -0.460 e. The lowest BCUT2D eigenvalue weighted by Crippen LogP contribution is -2.51. The van der Waals surface area contributed by atoms with Crippen LogP contribution in [0.4, 0.5) is 0 Å². The van der Waals surface area contributed by atoms with Crippen LogP contribution in [0.25, 0.3) is 0 Å². The van der Waals surface area contributed by atoms with Crippen molar-refractivity contribution in [2.45, 2.75) is 25.8 Å². The Balaban J connectivity index is 2.96. The fourth-order valence-corrected chi connectivity index (χ4v) is 1.14. The Hall–Kier alpha value is -0.830. The van der Waals surface area contributed by atoms with Crippen molar-refractivity contribution >= 4 is 5.97 Å². The summed E-state index contributed by atoms with van der Waals surface area (Å²) in [6.45, 7) is 4.11. The second-order valence-corrected chi connectivity index (χ2v) is 2.81. The van der Waals surface area contributed by atoms with Crippen LogP contribution in [-0.2, 0) is 9.53 Å². The van der Waals surface area contributed by atoms with E-state index < -0.39 is 5.54 Å². The zero-order valence-corrected chi connectivity index (χ0v) is 6.89. The quantitative estimate of drug-likeness (QED) is 0.445. The molecule has 1 atom stereocenters. The van der Waals surface area contributed by atoms with Crippen molar-refractivity contribution in [1.29, 1.82) is 0 Å². The zero-order chi connectivity index (χ0) is 8.48. The highest BCUT2D eigenvalue weighted by atomic mass is 16.5. The van der Waals surface area contributed by atoms with Crippen LogP contribution in [-0.4, -0.2) is 18.1 Å². The van der Waals surface area contributed by atoms with E-state index in [1.165, 1.54) is 0 Å². The molecule has 0 spiro atoms. The maximum Gasteiger partial charge on any atom is 0.330 e. The highest BCUT2D eigenvalue weighted by molar-refractivity contribution is 5.85. The second kappa shape index (κ2) is 2.66. The van der Waals surface area contributed by atoms with E-state index in [2.05, 4.69) is 0 Å².